The molecule has 5 heteroatoms. The van der Waals surface area contributed by atoms with Gasteiger partial charge in [0.2, 0.25) is 0 Å². The second kappa shape index (κ2) is 5.51. The van der Waals surface area contributed by atoms with Gasteiger partial charge in [-0.25, -0.2) is 4.79 Å². The largest absolute Gasteiger partial charge is 0.488 e. The number of hydrogen-bond donors (Lipinski definition) is 1. The van der Waals surface area contributed by atoms with E-state index in [2.05, 4.69) is 15.9 Å². The second-order valence-electron chi connectivity index (χ2n) is 3.90. The van der Waals surface area contributed by atoms with E-state index in [0.29, 0.717) is 16.8 Å². The summed E-state index contributed by atoms with van der Waals surface area (Å²) in [6, 6.07) is 4.97. The first-order valence-electron chi connectivity index (χ1n) is 5.44. The van der Waals surface area contributed by atoms with E-state index in [9.17, 15) is 4.79 Å². The molecule has 17 heavy (non-hydrogen) atoms. The fourth-order valence-corrected chi connectivity index (χ4v) is 2.15. The Morgan fingerprint density at radius 3 is 3.00 bits per heavy atom. The summed E-state index contributed by atoms with van der Waals surface area (Å²) in [5, 5.41) is 8.99. The van der Waals surface area contributed by atoms with Crippen molar-refractivity contribution < 1.29 is 19.4 Å². The molecule has 0 radical (unpaired) electrons. The number of benzene rings is 1. The number of rotatable bonds is 3. The molecule has 0 saturated carbocycles. The minimum absolute atomic E-state index is 0.0200. The zero-order valence-corrected chi connectivity index (χ0v) is 10.8. The Bertz CT molecular complexity index is 413. The summed E-state index contributed by atoms with van der Waals surface area (Å²) in [4.78, 5) is 11.0. The standard InChI is InChI=1S/C12H13BrO4/c13-11-4-3-8(6-10(11)12(14)15)17-9-2-1-5-16-7-9/h3-4,6,9H,1-2,5,7H2,(H,14,15). The third kappa shape index (κ3) is 3.20. The number of aromatic carboxylic acids is 1. The Hall–Kier alpha value is -1.07. The van der Waals surface area contributed by atoms with Crippen LogP contribution in [-0.4, -0.2) is 30.4 Å². The molecule has 92 valence electrons. The molecule has 0 aromatic heterocycles. The van der Waals surface area contributed by atoms with Gasteiger partial charge in [0.1, 0.15) is 11.9 Å². The molecule has 4 nitrogen and oxygen atoms in total. The maximum atomic E-state index is 11.0. The molecular formula is C12H13BrO4. The van der Waals surface area contributed by atoms with Crippen LogP contribution < -0.4 is 4.74 Å². The minimum atomic E-state index is -0.970. The fraction of sp³-hybridized carbons (Fsp3) is 0.417. The SMILES string of the molecule is O=C(O)c1cc(OC2CCCOC2)ccc1Br. The molecule has 1 N–H and O–H groups in total. The van der Waals surface area contributed by atoms with Crippen LogP contribution in [-0.2, 0) is 4.74 Å². The molecule has 1 aliphatic rings. The van der Waals surface area contributed by atoms with Crippen LogP contribution in [0.1, 0.15) is 23.2 Å². The van der Waals surface area contributed by atoms with Crippen molar-refractivity contribution in [3.63, 3.8) is 0 Å². The molecule has 0 aliphatic carbocycles. The Labute approximate surface area is 108 Å². The van der Waals surface area contributed by atoms with E-state index < -0.39 is 5.97 Å². The molecule has 0 spiro atoms. The molecule has 1 fully saturated rings. The summed E-state index contributed by atoms with van der Waals surface area (Å²) < 4.78 is 11.6. The first kappa shape index (κ1) is 12.4. The van der Waals surface area contributed by atoms with Crippen molar-refractivity contribution in [3.8, 4) is 5.75 Å². The monoisotopic (exact) mass is 300 g/mol. The quantitative estimate of drug-likeness (QED) is 0.932. The zero-order chi connectivity index (χ0) is 12.3. The van der Waals surface area contributed by atoms with Crippen LogP contribution >= 0.6 is 15.9 Å². The second-order valence-corrected chi connectivity index (χ2v) is 4.76. The molecule has 1 unspecified atom stereocenters. The molecule has 0 bridgehead atoms. The van der Waals surface area contributed by atoms with E-state index >= 15 is 0 Å². The summed E-state index contributed by atoms with van der Waals surface area (Å²) in [5.41, 5.74) is 0.208. The molecule has 1 heterocycles. The van der Waals surface area contributed by atoms with E-state index in [1.807, 2.05) is 0 Å². The van der Waals surface area contributed by atoms with Crippen molar-refractivity contribution >= 4 is 21.9 Å². The van der Waals surface area contributed by atoms with Gasteiger partial charge in [-0.2, -0.15) is 0 Å². The lowest BCUT2D eigenvalue weighted by Crippen LogP contribution is -2.28. The van der Waals surface area contributed by atoms with Gasteiger partial charge in [0.15, 0.2) is 0 Å². The number of hydrogen-bond acceptors (Lipinski definition) is 3. The molecule has 1 saturated heterocycles. The Kier molecular flexibility index (Phi) is 4.02. The van der Waals surface area contributed by atoms with Gasteiger partial charge in [-0.05, 0) is 47.0 Å². The molecule has 1 aromatic rings. The van der Waals surface area contributed by atoms with E-state index in [0.717, 1.165) is 19.4 Å². The van der Waals surface area contributed by atoms with Crippen LogP contribution in [0.4, 0.5) is 0 Å². The molecule has 1 atom stereocenters. The summed E-state index contributed by atoms with van der Waals surface area (Å²) in [6.07, 6.45) is 1.94. The van der Waals surface area contributed by atoms with Crippen LogP contribution in [0.15, 0.2) is 22.7 Å². The highest BCUT2D eigenvalue weighted by Crippen LogP contribution is 2.24. The smallest absolute Gasteiger partial charge is 0.336 e. The normalized spacial score (nSPS) is 19.9. The summed E-state index contributed by atoms with van der Waals surface area (Å²) in [5.74, 6) is -0.400. The average molecular weight is 301 g/mol. The Balaban J connectivity index is 2.10. The lowest BCUT2D eigenvalue weighted by atomic mass is 10.1. The Morgan fingerprint density at radius 2 is 2.35 bits per heavy atom. The zero-order valence-electron chi connectivity index (χ0n) is 9.19. The van der Waals surface area contributed by atoms with Crippen LogP contribution in [0, 0.1) is 0 Å². The summed E-state index contributed by atoms with van der Waals surface area (Å²) in [7, 11) is 0. The number of carboxylic acid groups (broad SMARTS) is 1. The van der Waals surface area contributed by atoms with E-state index in [-0.39, 0.29) is 11.7 Å². The van der Waals surface area contributed by atoms with Gasteiger partial charge in [0.05, 0.1) is 12.2 Å². The highest BCUT2D eigenvalue weighted by atomic mass is 79.9. The molecule has 1 aliphatic heterocycles. The third-order valence-electron chi connectivity index (χ3n) is 2.59. The minimum Gasteiger partial charge on any atom is -0.488 e. The van der Waals surface area contributed by atoms with Crippen molar-refractivity contribution in [1.82, 2.24) is 0 Å². The summed E-state index contributed by atoms with van der Waals surface area (Å²) >= 11 is 3.20. The number of carboxylic acids is 1. The maximum absolute atomic E-state index is 11.0. The van der Waals surface area contributed by atoms with Crippen molar-refractivity contribution in [1.29, 1.82) is 0 Å². The highest BCUT2D eigenvalue weighted by Gasteiger charge is 2.16. The lowest BCUT2D eigenvalue weighted by Gasteiger charge is -2.23. The first-order valence-corrected chi connectivity index (χ1v) is 6.23. The average Bonchev–Trinajstić information content (AvgIpc) is 2.32. The first-order chi connectivity index (χ1) is 8.16. The van der Waals surface area contributed by atoms with Gasteiger partial charge in [0, 0.05) is 11.1 Å². The maximum Gasteiger partial charge on any atom is 0.336 e. The van der Waals surface area contributed by atoms with Crippen molar-refractivity contribution in [2.75, 3.05) is 13.2 Å². The van der Waals surface area contributed by atoms with Gasteiger partial charge >= 0.3 is 5.97 Å². The van der Waals surface area contributed by atoms with Gasteiger partial charge in [0.25, 0.3) is 0 Å². The van der Waals surface area contributed by atoms with Crippen LogP contribution in [0.5, 0.6) is 5.75 Å². The predicted octanol–water partition coefficient (Wildman–Crippen LogP) is 2.71. The summed E-state index contributed by atoms with van der Waals surface area (Å²) in [6.45, 7) is 1.35. The van der Waals surface area contributed by atoms with Crippen LogP contribution in [0.25, 0.3) is 0 Å². The lowest BCUT2D eigenvalue weighted by molar-refractivity contribution is 0.00737. The van der Waals surface area contributed by atoms with Crippen molar-refractivity contribution in [2.45, 2.75) is 18.9 Å². The van der Waals surface area contributed by atoms with Crippen molar-refractivity contribution in [2.24, 2.45) is 0 Å². The topological polar surface area (TPSA) is 55.8 Å². The van der Waals surface area contributed by atoms with Gasteiger partial charge in [-0.15, -0.1) is 0 Å². The number of ether oxygens (including phenoxy) is 2. The highest BCUT2D eigenvalue weighted by molar-refractivity contribution is 9.10. The van der Waals surface area contributed by atoms with Crippen LogP contribution in [0.3, 0.4) is 0 Å². The third-order valence-corrected chi connectivity index (χ3v) is 3.28. The van der Waals surface area contributed by atoms with Crippen molar-refractivity contribution in [3.05, 3.63) is 28.2 Å². The van der Waals surface area contributed by atoms with Gasteiger partial charge in [-0.3, -0.25) is 0 Å². The van der Waals surface area contributed by atoms with E-state index in [1.54, 1.807) is 12.1 Å². The van der Waals surface area contributed by atoms with E-state index in [4.69, 9.17) is 14.6 Å². The molecular weight excluding hydrogens is 288 g/mol. The van der Waals surface area contributed by atoms with Gasteiger partial charge in [-0.1, -0.05) is 0 Å². The number of halogens is 1. The molecule has 2 rings (SSSR count). The van der Waals surface area contributed by atoms with Crippen LogP contribution in [0.2, 0.25) is 0 Å². The predicted molar refractivity (Wildman–Crippen MR) is 65.6 cm³/mol. The number of carbonyl (C=O) groups is 1. The molecule has 1 aromatic carbocycles. The van der Waals surface area contributed by atoms with Gasteiger partial charge < -0.3 is 14.6 Å². The fourth-order valence-electron chi connectivity index (χ4n) is 1.74. The molecule has 0 amide bonds. The Morgan fingerprint density at radius 1 is 1.53 bits per heavy atom. The van der Waals surface area contributed by atoms with E-state index in [1.165, 1.54) is 6.07 Å².